The van der Waals surface area contributed by atoms with Gasteiger partial charge in [0.15, 0.2) is 0 Å². The quantitative estimate of drug-likeness (QED) is 0.469. The summed E-state index contributed by atoms with van der Waals surface area (Å²) in [4.78, 5) is 2.25. The fourth-order valence-corrected chi connectivity index (χ4v) is 3.85. The summed E-state index contributed by atoms with van der Waals surface area (Å²) in [7, 11) is 1.61. The summed E-state index contributed by atoms with van der Waals surface area (Å²) in [6, 6.07) is 18.0. The second-order valence-electron chi connectivity index (χ2n) is 8.73. The minimum atomic E-state index is -0.552. The number of aromatic nitrogens is 2. The molecule has 6 nitrogen and oxygen atoms in total. The summed E-state index contributed by atoms with van der Waals surface area (Å²) in [5.41, 5.74) is 4.00. The van der Waals surface area contributed by atoms with Crippen LogP contribution in [0.2, 0.25) is 0 Å². The van der Waals surface area contributed by atoms with Gasteiger partial charge in [0.1, 0.15) is 5.75 Å². The van der Waals surface area contributed by atoms with E-state index in [-0.39, 0.29) is 0 Å². The second kappa shape index (κ2) is 11.3. The van der Waals surface area contributed by atoms with Gasteiger partial charge in [-0.1, -0.05) is 44.2 Å². The predicted molar refractivity (Wildman–Crippen MR) is 128 cm³/mol. The molecule has 32 heavy (non-hydrogen) atoms. The van der Waals surface area contributed by atoms with Crippen LogP contribution in [0.15, 0.2) is 54.6 Å². The number of aliphatic hydroxyl groups excluding tert-OH is 1. The number of hydrogen-bond donors (Lipinski definition) is 1. The smallest absolute Gasteiger partial charge is 0.227 e. The number of hydrogen-bond acceptors (Lipinski definition) is 5. The number of ether oxygens (including phenoxy) is 2. The van der Waals surface area contributed by atoms with Crippen LogP contribution < -0.4 is 4.74 Å². The Bertz CT molecular complexity index is 985. The zero-order valence-corrected chi connectivity index (χ0v) is 19.8. The largest absolute Gasteiger partial charge is 0.439 e. The van der Waals surface area contributed by atoms with Crippen LogP contribution in [-0.4, -0.2) is 52.7 Å². The van der Waals surface area contributed by atoms with E-state index < -0.39 is 6.10 Å². The van der Waals surface area contributed by atoms with Crippen molar-refractivity contribution in [3.8, 4) is 17.3 Å². The highest BCUT2D eigenvalue weighted by atomic mass is 16.5. The lowest BCUT2D eigenvalue weighted by molar-refractivity contribution is 0.0329. The molecule has 0 fully saturated rings. The van der Waals surface area contributed by atoms with Crippen LogP contribution in [0.4, 0.5) is 0 Å². The van der Waals surface area contributed by atoms with Crippen LogP contribution in [0.1, 0.15) is 30.7 Å². The SMILES string of the molecule is COC[C@H](O)CN(Cc1c(C)nn(-c2ccccc2)c1Oc1cccc(C)c1)CC(C)C. The fourth-order valence-electron chi connectivity index (χ4n) is 3.85. The topological polar surface area (TPSA) is 59.8 Å². The number of rotatable bonds is 11. The monoisotopic (exact) mass is 437 g/mol. The average molecular weight is 438 g/mol. The number of para-hydroxylation sites is 1. The van der Waals surface area contributed by atoms with Crippen LogP contribution >= 0.6 is 0 Å². The minimum Gasteiger partial charge on any atom is -0.439 e. The Morgan fingerprint density at radius 2 is 1.78 bits per heavy atom. The summed E-state index contributed by atoms with van der Waals surface area (Å²) in [5, 5.41) is 15.2. The molecule has 3 rings (SSSR count). The zero-order valence-electron chi connectivity index (χ0n) is 19.8. The Kier molecular flexibility index (Phi) is 8.45. The molecule has 1 atom stereocenters. The first-order chi connectivity index (χ1) is 15.4. The van der Waals surface area contributed by atoms with Crippen LogP contribution in [0.3, 0.4) is 0 Å². The van der Waals surface area contributed by atoms with Gasteiger partial charge in [-0.3, -0.25) is 4.90 Å². The molecule has 172 valence electrons. The van der Waals surface area contributed by atoms with Gasteiger partial charge in [0, 0.05) is 26.7 Å². The lowest BCUT2D eigenvalue weighted by Crippen LogP contribution is -2.36. The molecule has 0 unspecified atom stereocenters. The molecule has 0 bridgehead atoms. The van der Waals surface area contributed by atoms with Crippen molar-refractivity contribution in [3.63, 3.8) is 0 Å². The van der Waals surface area contributed by atoms with Gasteiger partial charge in [-0.15, -0.1) is 0 Å². The van der Waals surface area contributed by atoms with Gasteiger partial charge >= 0.3 is 0 Å². The summed E-state index contributed by atoms with van der Waals surface area (Å²) >= 11 is 0. The molecule has 0 aliphatic rings. The Hall–Kier alpha value is -2.67. The first-order valence-electron chi connectivity index (χ1n) is 11.1. The van der Waals surface area contributed by atoms with E-state index in [1.165, 1.54) is 0 Å². The minimum absolute atomic E-state index is 0.309. The molecule has 0 aliphatic heterocycles. The van der Waals surface area contributed by atoms with Crippen LogP contribution in [-0.2, 0) is 11.3 Å². The van der Waals surface area contributed by atoms with E-state index in [0.29, 0.717) is 31.5 Å². The molecular weight excluding hydrogens is 402 g/mol. The molecule has 0 aliphatic carbocycles. The summed E-state index contributed by atoms with van der Waals surface area (Å²) in [6.07, 6.45) is -0.552. The Morgan fingerprint density at radius 1 is 1.03 bits per heavy atom. The third-order valence-corrected chi connectivity index (χ3v) is 5.18. The van der Waals surface area contributed by atoms with Crippen molar-refractivity contribution in [1.29, 1.82) is 0 Å². The van der Waals surface area contributed by atoms with E-state index in [0.717, 1.165) is 34.8 Å². The first-order valence-corrected chi connectivity index (χ1v) is 11.1. The van der Waals surface area contributed by atoms with E-state index in [9.17, 15) is 5.11 Å². The van der Waals surface area contributed by atoms with Crippen molar-refractivity contribution >= 4 is 0 Å². The standard InChI is InChI=1S/C26H35N3O3/c1-19(2)15-28(16-23(30)18-31-5)17-25-21(4)27-29(22-11-7-6-8-12-22)26(25)32-24-13-9-10-20(3)14-24/h6-14,19,23,30H,15-18H2,1-5H3/t23-/m1/s1. The van der Waals surface area contributed by atoms with E-state index in [2.05, 4.69) is 31.7 Å². The molecule has 0 saturated heterocycles. The highest BCUT2D eigenvalue weighted by Crippen LogP contribution is 2.32. The Balaban J connectivity index is 2.00. The van der Waals surface area contributed by atoms with E-state index in [4.69, 9.17) is 14.6 Å². The Morgan fingerprint density at radius 3 is 2.44 bits per heavy atom. The molecule has 1 N–H and O–H groups in total. The number of aryl methyl sites for hydroxylation is 2. The maximum absolute atomic E-state index is 10.4. The van der Waals surface area contributed by atoms with Gasteiger partial charge in [0.2, 0.25) is 5.88 Å². The van der Waals surface area contributed by atoms with Gasteiger partial charge in [-0.25, -0.2) is 4.68 Å². The first kappa shape index (κ1) is 24.0. The maximum atomic E-state index is 10.4. The van der Waals surface area contributed by atoms with Gasteiger partial charge < -0.3 is 14.6 Å². The molecule has 6 heteroatoms. The van der Waals surface area contributed by atoms with E-state index >= 15 is 0 Å². The lowest BCUT2D eigenvalue weighted by atomic mass is 10.1. The number of nitrogens with zero attached hydrogens (tertiary/aromatic N) is 3. The fraction of sp³-hybridized carbons (Fsp3) is 0.423. The van der Waals surface area contributed by atoms with Crippen molar-refractivity contribution in [2.24, 2.45) is 5.92 Å². The van der Waals surface area contributed by atoms with Gasteiger partial charge in [0.05, 0.1) is 29.7 Å². The van der Waals surface area contributed by atoms with Crippen molar-refractivity contribution < 1.29 is 14.6 Å². The van der Waals surface area contributed by atoms with E-state index in [1.54, 1.807) is 7.11 Å². The zero-order chi connectivity index (χ0) is 23.1. The normalized spacial score (nSPS) is 12.5. The predicted octanol–water partition coefficient (Wildman–Crippen LogP) is 4.75. The van der Waals surface area contributed by atoms with Crippen molar-refractivity contribution in [1.82, 2.24) is 14.7 Å². The Labute approximate surface area is 191 Å². The molecule has 3 aromatic rings. The van der Waals surface area contributed by atoms with Crippen molar-refractivity contribution in [3.05, 3.63) is 71.4 Å². The molecule has 0 saturated carbocycles. The lowest BCUT2D eigenvalue weighted by Gasteiger charge is -2.26. The maximum Gasteiger partial charge on any atom is 0.227 e. The molecule has 0 spiro atoms. The molecule has 1 aromatic heterocycles. The number of benzene rings is 2. The third-order valence-electron chi connectivity index (χ3n) is 5.18. The summed E-state index contributed by atoms with van der Waals surface area (Å²) < 4.78 is 13.5. The van der Waals surface area contributed by atoms with Crippen LogP contribution in [0.5, 0.6) is 11.6 Å². The third kappa shape index (κ3) is 6.42. The second-order valence-corrected chi connectivity index (χ2v) is 8.73. The highest BCUT2D eigenvalue weighted by Gasteiger charge is 2.23. The van der Waals surface area contributed by atoms with Crippen LogP contribution in [0.25, 0.3) is 5.69 Å². The van der Waals surface area contributed by atoms with Gasteiger partial charge in [-0.2, -0.15) is 5.10 Å². The van der Waals surface area contributed by atoms with Crippen molar-refractivity contribution in [2.75, 3.05) is 26.8 Å². The average Bonchev–Trinajstić information content (AvgIpc) is 3.04. The summed E-state index contributed by atoms with van der Waals surface area (Å²) in [6.45, 7) is 10.7. The molecular formula is C26H35N3O3. The highest BCUT2D eigenvalue weighted by molar-refractivity contribution is 5.43. The molecule has 0 amide bonds. The molecule has 0 radical (unpaired) electrons. The summed E-state index contributed by atoms with van der Waals surface area (Å²) in [5.74, 6) is 1.93. The van der Waals surface area contributed by atoms with Crippen LogP contribution in [0, 0.1) is 19.8 Å². The van der Waals surface area contributed by atoms with Gasteiger partial charge in [-0.05, 0) is 49.6 Å². The molecule has 1 heterocycles. The van der Waals surface area contributed by atoms with E-state index in [1.807, 2.05) is 60.1 Å². The number of methoxy groups -OCH3 is 1. The molecule has 2 aromatic carbocycles. The number of aliphatic hydroxyl groups is 1. The van der Waals surface area contributed by atoms with Crippen molar-refractivity contribution in [2.45, 2.75) is 40.3 Å². The van der Waals surface area contributed by atoms with Gasteiger partial charge in [0.25, 0.3) is 0 Å².